The van der Waals surface area contributed by atoms with Crippen molar-refractivity contribution in [3.05, 3.63) is 73.6 Å². The molecule has 2 N–H and O–H groups in total. The third-order valence-electron chi connectivity index (χ3n) is 6.77. The summed E-state index contributed by atoms with van der Waals surface area (Å²) < 4.78 is 4.45. The molecular weight excluding hydrogens is 444 g/mol. The number of imidazole rings is 2. The Hall–Kier alpha value is -3.22. The zero-order chi connectivity index (χ0) is 26.1. The number of aromatic nitrogens is 4. The van der Waals surface area contributed by atoms with Gasteiger partial charge in [-0.05, 0) is 47.2 Å². The van der Waals surface area contributed by atoms with Crippen molar-refractivity contribution in [3.63, 3.8) is 0 Å². The van der Waals surface area contributed by atoms with Crippen LogP contribution in [0, 0.1) is 10.8 Å². The monoisotopic (exact) mass is 484 g/mol. The van der Waals surface area contributed by atoms with Gasteiger partial charge in [0.15, 0.2) is 0 Å². The summed E-state index contributed by atoms with van der Waals surface area (Å²) in [6.07, 6.45) is 8.01. The SMILES string of the molecule is CNC(n1cncc1-c1ccc(-c2ccc(-c3cncn3C(NC)C(C)(C)C)cc2)cc1)C(C)(C)C. The minimum Gasteiger partial charge on any atom is -0.314 e. The smallest absolute Gasteiger partial charge is 0.0964 e. The number of hydrogen-bond donors (Lipinski definition) is 2. The van der Waals surface area contributed by atoms with Gasteiger partial charge in [-0.3, -0.25) is 10.6 Å². The molecule has 2 unspecified atom stereocenters. The predicted octanol–water partition coefficient (Wildman–Crippen LogP) is 6.61. The van der Waals surface area contributed by atoms with Crippen LogP contribution in [0.3, 0.4) is 0 Å². The maximum atomic E-state index is 4.45. The Labute approximate surface area is 215 Å². The van der Waals surface area contributed by atoms with Crippen LogP contribution in [0.4, 0.5) is 0 Å². The van der Waals surface area contributed by atoms with Crippen molar-refractivity contribution >= 4 is 0 Å². The highest BCUT2D eigenvalue weighted by Crippen LogP contribution is 2.34. The Morgan fingerprint density at radius 1 is 0.556 bits per heavy atom. The summed E-state index contributed by atoms with van der Waals surface area (Å²) in [6, 6.07) is 17.5. The van der Waals surface area contributed by atoms with Crippen molar-refractivity contribution in [2.45, 2.75) is 53.9 Å². The summed E-state index contributed by atoms with van der Waals surface area (Å²) in [7, 11) is 4.00. The van der Waals surface area contributed by atoms with Crippen molar-refractivity contribution in [2.24, 2.45) is 10.8 Å². The van der Waals surface area contributed by atoms with Gasteiger partial charge in [0, 0.05) is 0 Å². The van der Waals surface area contributed by atoms with Gasteiger partial charge in [-0.25, -0.2) is 9.97 Å². The lowest BCUT2D eigenvalue weighted by molar-refractivity contribution is 0.211. The normalized spacial score (nSPS) is 14.1. The van der Waals surface area contributed by atoms with Gasteiger partial charge in [0.2, 0.25) is 0 Å². The van der Waals surface area contributed by atoms with Crippen molar-refractivity contribution in [2.75, 3.05) is 14.1 Å². The summed E-state index contributed by atoms with van der Waals surface area (Å²) in [5.74, 6) is 0. The molecule has 0 saturated heterocycles. The fourth-order valence-corrected chi connectivity index (χ4v) is 5.11. The fourth-order valence-electron chi connectivity index (χ4n) is 5.11. The zero-order valence-corrected chi connectivity index (χ0v) is 22.9. The molecule has 4 aromatic rings. The average molecular weight is 485 g/mol. The molecule has 6 nitrogen and oxygen atoms in total. The second-order valence-corrected chi connectivity index (χ2v) is 11.6. The molecule has 0 aliphatic heterocycles. The molecule has 2 heterocycles. The number of benzene rings is 2. The Balaban J connectivity index is 1.59. The first-order valence-corrected chi connectivity index (χ1v) is 12.6. The summed E-state index contributed by atoms with van der Waals surface area (Å²) in [5.41, 5.74) is 7.02. The summed E-state index contributed by atoms with van der Waals surface area (Å²) in [4.78, 5) is 8.90. The van der Waals surface area contributed by atoms with E-state index in [0.717, 1.165) is 22.5 Å². The van der Waals surface area contributed by atoms with Gasteiger partial charge in [-0.2, -0.15) is 0 Å². The van der Waals surface area contributed by atoms with E-state index >= 15 is 0 Å². The standard InChI is InChI=1S/C30H40N6/c1-29(2,3)27(31-7)35-19-33-17-25(35)23-13-9-21(10-14-23)22-11-15-24(16-12-22)26-18-34-20-36(26)28(32-8)30(4,5)6/h9-20,27-28,31-32H,1-8H3. The van der Waals surface area contributed by atoms with Gasteiger partial charge in [0.25, 0.3) is 0 Å². The van der Waals surface area contributed by atoms with Crippen LogP contribution in [-0.2, 0) is 0 Å². The molecule has 4 rings (SSSR count). The van der Waals surface area contributed by atoms with E-state index in [1.807, 2.05) is 39.1 Å². The van der Waals surface area contributed by atoms with Crippen molar-refractivity contribution < 1.29 is 0 Å². The summed E-state index contributed by atoms with van der Waals surface area (Å²) in [6.45, 7) is 13.4. The van der Waals surface area contributed by atoms with E-state index < -0.39 is 0 Å². The Kier molecular flexibility index (Phi) is 7.21. The van der Waals surface area contributed by atoms with E-state index in [4.69, 9.17) is 0 Å². The lowest BCUT2D eigenvalue weighted by atomic mass is 9.91. The molecule has 0 spiro atoms. The average Bonchev–Trinajstić information content (AvgIpc) is 3.49. The molecule has 36 heavy (non-hydrogen) atoms. The minimum absolute atomic E-state index is 0.0569. The molecule has 0 bridgehead atoms. The van der Waals surface area contributed by atoms with Gasteiger partial charge in [-0.1, -0.05) is 90.1 Å². The summed E-state index contributed by atoms with van der Waals surface area (Å²) >= 11 is 0. The number of hydrogen-bond acceptors (Lipinski definition) is 4. The van der Waals surface area contributed by atoms with Crippen LogP contribution in [0.25, 0.3) is 33.6 Å². The first kappa shape index (κ1) is 25.9. The van der Waals surface area contributed by atoms with Gasteiger partial charge < -0.3 is 9.13 Å². The molecule has 0 amide bonds. The third kappa shape index (κ3) is 5.15. The topological polar surface area (TPSA) is 59.7 Å². The van der Waals surface area contributed by atoms with Crippen molar-refractivity contribution in [1.82, 2.24) is 29.7 Å². The zero-order valence-electron chi connectivity index (χ0n) is 22.9. The van der Waals surface area contributed by atoms with Crippen LogP contribution in [0.1, 0.15) is 53.9 Å². The molecule has 2 atom stereocenters. The highest BCUT2D eigenvalue weighted by Gasteiger charge is 2.27. The van der Waals surface area contributed by atoms with E-state index in [0.29, 0.717) is 0 Å². The van der Waals surface area contributed by atoms with E-state index in [1.54, 1.807) is 0 Å². The molecule has 0 radical (unpaired) electrons. The predicted molar refractivity (Wildman–Crippen MR) is 149 cm³/mol. The van der Waals surface area contributed by atoms with Crippen LogP contribution in [-0.4, -0.2) is 33.2 Å². The van der Waals surface area contributed by atoms with Crippen LogP contribution in [0.5, 0.6) is 0 Å². The summed E-state index contributed by atoms with van der Waals surface area (Å²) in [5, 5.41) is 6.89. The first-order chi connectivity index (χ1) is 17.0. The number of nitrogens with one attached hydrogen (secondary N) is 2. The molecule has 0 aliphatic carbocycles. The van der Waals surface area contributed by atoms with Crippen LogP contribution < -0.4 is 10.6 Å². The highest BCUT2D eigenvalue weighted by molar-refractivity contribution is 5.71. The quantitative estimate of drug-likeness (QED) is 0.310. The maximum absolute atomic E-state index is 4.45. The Bertz CT molecular complexity index is 1160. The lowest BCUT2D eigenvalue weighted by Crippen LogP contribution is -2.34. The maximum Gasteiger partial charge on any atom is 0.0964 e. The highest BCUT2D eigenvalue weighted by atomic mass is 15.2. The van der Waals surface area contributed by atoms with Gasteiger partial charge in [0.1, 0.15) is 0 Å². The molecular formula is C30H40N6. The molecule has 2 aromatic carbocycles. The second-order valence-electron chi connectivity index (χ2n) is 11.6. The first-order valence-electron chi connectivity index (χ1n) is 12.6. The molecule has 0 aliphatic rings. The molecule has 0 saturated carbocycles. The Morgan fingerprint density at radius 3 is 1.14 bits per heavy atom. The van der Waals surface area contributed by atoms with Gasteiger partial charge in [-0.15, -0.1) is 0 Å². The van der Waals surface area contributed by atoms with Gasteiger partial charge in [0.05, 0.1) is 48.8 Å². The fraction of sp³-hybridized carbons (Fsp3) is 0.400. The van der Waals surface area contributed by atoms with Crippen LogP contribution in [0.15, 0.2) is 73.6 Å². The van der Waals surface area contributed by atoms with E-state index in [2.05, 4.69) is 120 Å². The van der Waals surface area contributed by atoms with Crippen LogP contribution in [0.2, 0.25) is 0 Å². The molecule has 190 valence electrons. The molecule has 6 heteroatoms. The van der Waals surface area contributed by atoms with E-state index in [9.17, 15) is 0 Å². The van der Waals surface area contributed by atoms with Crippen LogP contribution >= 0.6 is 0 Å². The number of nitrogens with zero attached hydrogens (tertiary/aromatic N) is 4. The van der Waals surface area contributed by atoms with Gasteiger partial charge >= 0.3 is 0 Å². The third-order valence-corrected chi connectivity index (χ3v) is 6.77. The second kappa shape index (κ2) is 10.0. The molecule has 2 aromatic heterocycles. The Morgan fingerprint density at radius 2 is 0.861 bits per heavy atom. The van der Waals surface area contributed by atoms with E-state index in [-0.39, 0.29) is 23.2 Å². The van der Waals surface area contributed by atoms with E-state index in [1.165, 1.54) is 11.1 Å². The largest absolute Gasteiger partial charge is 0.314 e. The van der Waals surface area contributed by atoms with Crippen molar-refractivity contribution in [3.8, 4) is 33.6 Å². The molecule has 0 fully saturated rings. The minimum atomic E-state index is 0.0569. The lowest BCUT2D eigenvalue weighted by Gasteiger charge is -2.32. The number of rotatable bonds is 7. The van der Waals surface area contributed by atoms with Crippen molar-refractivity contribution in [1.29, 1.82) is 0 Å².